The molecule has 0 aromatic carbocycles. The summed E-state index contributed by atoms with van der Waals surface area (Å²) in [5, 5.41) is 3.38. The van der Waals surface area contributed by atoms with E-state index in [2.05, 4.69) is 19.3 Å². The molecule has 1 unspecified atom stereocenters. The third-order valence-electron chi connectivity index (χ3n) is 2.99. The van der Waals surface area contributed by atoms with E-state index in [0.717, 1.165) is 12.0 Å². The highest BCUT2D eigenvalue weighted by Crippen LogP contribution is 2.28. The van der Waals surface area contributed by atoms with Crippen molar-refractivity contribution in [2.24, 2.45) is 5.92 Å². The van der Waals surface area contributed by atoms with Crippen LogP contribution in [0.15, 0.2) is 0 Å². The van der Waals surface area contributed by atoms with Gasteiger partial charge in [0.15, 0.2) is 0 Å². The standard InChI is InChI=1S/C10H21N/c1-3-10(11-2)8-9-6-4-5-7-9/h9-11H,3-8H2,1-2H3. The van der Waals surface area contributed by atoms with Gasteiger partial charge in [-0.15, -0.1) is 0 Å². The number of nitrogens with one attached hydrogen (secondary N) is 1. The van der Waals surface area contributed by atoms with Gasteiger partial charge >= 0.3 is 0 Å². The van der Waals surface area contributed by atoms with Crippen molar-refractivity contribution < 1.29 is 0 Å². The van der Waals surface area contributed by atoms with E-state index >= 15 is 0 Å². The molecule has 0 spiro atoms. The molecule has 1 aliphatic rings. The summed E-state index contributed by atoms with van der Waals surface area (Å²) >= 11 is 0. The van der Waals surface area contributed by atoms with Crippen molar-refractivity contribution in [3.05, 3.63) is 0 Å². The quantitative estimate of drug-likeness (QED) is 0.658. The molecule has 0 amide bonds. The Morgan fingerprint density at radius 2 is 2.00 bits per heavy atom. The minimum atomic E-state index is 0.776. The summed E-state index contributed by atoms with van der Waals surface area (Å²) in [5.41, 5.74) is 0. The van der Waals surface area contributed by atoms with Gasteiger partial charge in [-0.1, -0.05) is 32.6 Å². The van der Waals surface area contributed by atoms with Crippen molar-refractivity contribution in [2.45, 2.75) is 51.5 Å². The molecule has 1 nitrogen and oxygen atoms in total. The van der Waals surface area contributed by atoms with Crippen LogP contribution >= 0.6 is 0 Å². The zero-order valence-electron chi connectivity index (χ0n) is 7.90. The Bertz CT molecular complexity index is 91.0. The summed E-state index contributed by atoms with van der Waals surface area (Å²) in [6.45, 7) is 2.27. The van der Waals surface area contributed by atoms with Gasteiger partial charge < -0.3 is 5.32 Å². The van der Waals surface area contributed by atoms with Crippen molar-refractivity contribution in [1.29, 1.82) is 0 Å². The molecule has 66 valence electrons. The van der Waals surface area contributed by atoms with Crippen molar-refractivity contribution >= 4 is 0 Å². The average molecular weight is 155 g/mol. The van der Waals surface area contributed by atoms with Gasteiger partial charge in [-0.2, -0.15) is 0 Å². The highest BCUT2D eigenvalue weighted by Gasteiger charge is 2.17. The molecule has 1 fully saturated rings. The molecule has 1 N–H and O–H groups in total. The van der Waals surface area contributed by atoms with Crippen LogP contribution in [0, 0.1) is 5.92 Å². The lowest BCUT2D eigenvalue weighted by molar-refractivity contribution is 0.397. The topological polar surface area (TPSA) is 12.0 Å². The first-order valence-corrected chi connectivity index (χ1v) is 5.04. The van der Waals surface area contributed by atoms with E-state index in [9.17, 15) is 0 Å². The molecular formula is C10H21N. The maximum absolute atomic E-state index is 3.38. The molecule has 1 aliphatic carbocycles. The van der Waals surface area contributed by atoms with Gasteiger partial charge in [-0.3, -0.25) is 0 Å². The number of hydrogen-bond acceptors (Lipinski definition) is 1. The van der Waals surface area contributed by atoms with Crippen molar-refractivity contribution in [3.8, 4) is 0 Å². The zero-order chi connectivity index (χ0) is 8.10. The van der Waals surface area contributed by atoms with Crippen LogP contribution in [0.5, 0.6) is 0 Å². The van der Waals surface area contributed by atoms with Crippen LogP contribution < -0.4 is 5.32 Å². The van der Waals surface area contributed by atoms with Gasteiger partial charge in [0.25, 0.3) is 0 Å². The molecule has 0 aromatic heterocycles. The van der Waals surface area contributed by atoms with Crippen LogP contribution in [0.2, 0.25) is 0 Å². The second-order valence-corrected chi connectivity index (χ2v) is 3.78. The van der Waals surface area contributed by atoms with Gasteiger partial charge in [0, 0.05) is 6.04 Å². The molecule has 0 saturated heterocycles. The lowest BCUT2D eigenvalue weighted by Gasteiger charge is -2.17. The molecule has 0 heterocycles. The number of hydrogen-bond donors (Lipinski definition) is 1. The molecule has 1 atom stereocenters. The minimum absolute atomic E-state index is 0.776. The first kappa shape index (κ1) is 9.05. The number of rotatable bonds is 4. The van der Waals surface area contributed by atoms with E-state index in [1.807, 2.05) is 0 Å². The first-order valence-electron chi connectivity index (χ1n) is 5.04. The Labute approximate surface area is 70.6 Å². The van der Waals surface area contributed by atoms with Gasteiger partial charge in [0.1, 0.15) is 0 Å². The van der Waals surface area contributed by atoms with Crippen LogP contribution in [0.4, 0.5) is 0 Å². The van der Waals surface area contributed by atoms with Crippen LogP contribution in [0.25, 0.3) is 0 Å². The van der Waals surface area contributed by atoms with Gasteiger partial charge in [0.05, 0.1) is 0 Å². The maximum Gasteiger partial charge on any atom is 0.00640 e. The highest BCUT2D eigenvalue weighted by molar-refractivity contribution is 4.73. The lowest BCUT2D eigenvalue weighted by atomic mass is 9.97. The summed E-state index contributed by atoms with van der Waals surface area (Å²) < 4.78 is 0. The Hall–Kier alpha value is -0.0400. The zero-order valence-corrected chi connectivity index (χ0v) is 7.90. The average Bonchev–Trinajstić information content (AvgIpc) is 2.52. The molecular weight excluding hydrogens is 134 g/mol. The van der Waals surface area contributed by atoms with Crippen molar-refractivity contribution in [1.82, 2.24) is 5.32 Å². The Kier molecular flexibility index (Phi) is 3.92. The summed E-state index contributed by atoms with van der Waals surface area (Å²) in [5.74, 6) is 1.03. The molecule has 11 heavy (non-hydrogen) atoms. The second-order valence-electron chi connectivity index (χ2n) is 3.78. The van der Waals surface area contributed by atoms with Crippen molar-refractivity contribution in [3.63, 3.8) is 0 Å². The predicted molar refractivity (Wildman–Crippen MR) is 49.7 cm³/mol. The summed E-state index contributed by atoms with van der Waals surface area (Å²) in [4.78, 5) is 0. The van der Waals surface area contributed by atoms with Crippen molar-refractivity contribution in [2.75, 3.05) is 7.05 Å². The fraction of sp³-hybridized carbons (Fsp3) is 1.00. The molecule has 0 bridgehead atoms. The third kappa shape index (κ3) is 2.82. The molecule has 0 aliphatic heterocycles. The van der Waals surface area contributed by atoms with Gasteiger partial charge in [0.2, 0.25) is 0 Å². The van der Waals surface area contributed by atoms with E-state index in [1.54, 1.807) is 0 Å². The van der Waals surface area contributed by atoms with E-state index in [4.69, 9.17) is 0 Å². The van der Waals surface area contributed by atoms with E-state index in [0.29, 0.717) is 0 Å². The van der Waals surface area contributed by atoms with Crippen LogP contribution in [0.3, 0.4) is 0 Å². The predicted octanol–water partition coefficient (Wildman–Crippen LogP) is 2.56. The SMILES string of the molecule is CCC(CC1CCCC1)NC. The largest absolute Gasteiger partial charge is 0.317 e. The summed E-state index contributed by atoms with van der Waals surface area (Å²) in [6, 6.07) is 0.776. The third-order valence-corrected chi connectivity index (χ3v) is 2.99. The lowest BCUT2D eigenvalue weighted by Crippen LogP contribution is -2.26. The molecule has 1 heteroatoms. The second kappa shape index (κ2) is 4.76. The first-order chi connectivity index (χ1) is 5.36. The minimum Gasteiger partial charge on any atom is -0.317 e. The smallest absolute Gasteiger partial charge is 0.00640 e. The van der Waals surface area contributed by atoms with E-state index < -0.39 is 0 Å². The molecule has 1 saturated carbocycles. The maximum atomic E-state index is 3.38. The van der Waals surface area contributed by atoms with Crippen LogP contribution in [-0.2, 0) is 0 Å². The van der Waals surface area contributed by atoms with Gasteiger partial charge in [-0.25, -0.2) is 0 Å². The van der Waals surface area contributed by atoms with E-state index in [1.165, 1.54) is 38.5 Å². The molecule has 0 radical (unpaired) electrons. The summed E-state index contributed by atoms with van der Waals surface area (Å²) in [7, 11) is 2.09. The molecule has 1 rings (SSSR count). The summed E-state index contributed by atoms with van der Waals surface area (Å²) in [6.07, 6.45) is 8.62. The van der Waals surface area contributed by atoms with Crippen LogP contribution in [0.1, 0.15) is 45.4 Å². The van der Waals surface area contributed by atoms with Crippen LogP contribution in [-0.4, -0.2) is 13.1 Å². The fourth-order valence-corrected chi connectivity index (χ4v) is 2.14. The Balaban J connectivity index is 2.16. The molecule has 0 aromatic rings. The monoisotopic (exact) mass is 155 g/mol. The van der Waals surface area contributed by atoms with Gasteiger partial charge in [-0.05, 0) is 25.8 Å². The Morgan fingerprint density at radius 3 is 2.45 bits per heavy atom. The fourth-order valence-electron chi connectivity index (χ4n) is 2.14. The highest BCUT2D eigenvalue weighted by atomic mass is 14.9. The Morgan fingerprint density at radius 1 is 1.36 bits per heavy atom. The normalized spacial score (nSPS) is 22.4. The van der Waals surface area contributed by atoms with E-state index in [-0.39, 0.29) is 0 Å².